The third-order valence-corrected chi connectivity index (χ3v) is 5.18. The van der Waals surface area contributed by atoms with Crippen LogP contribution in [0.2, 0.25) is 0 Å². The molecule has 3 aromatic rings. The van der Waals surface area contributed by atoms with E-state index in [2.05, 4.69) is 66.0 Å². The summed E-state index contributed by atoms with van der Waals surface area (Å²) in [6.07, 6.45) is 15.0. The highest BCUT2D eigenvalue weighted by molar-refractivity contribution is 7.14. The van der Waals surface area contributed by atoms with Gasteiger partial charge in [-0.25, -0.2) is 0 Å². The summed E-state index contributed by atoms with van der Waals surface area (Å²) < 4.78 is 0. The van der Waals surface area contributed by atoms with Gasteiger partial charge in [0.15, 0.2) is 0 Å². The molecule has 0 aliphatic heterocycles. The van der Waals surface area contributed by atoms with Crippen molar-refractivity contribution < 1.29 is 0 Å². The second-order valence-corrected chi connectivity index (χ2v) is 7.42. The summed E-state index contributed by atoms with van der Waals surface area (Å²) >= 11 is 1.50. The lowest BCUT2D eigenvalue weighted by Crippen LogP contribution is -1.95. The van der Waals surface area contributed by atoms with Crippen molar-refractivity contribution in [1.29, 1.82) is 0 Å². The summed E-state index contributed by atoms with van der Waals surface area (Å²) in [7, 11) is 0. The van der Waals surface area contributed by atoms with Crippen molar-refractivity contribution in [1.82, 2.24) is 4.98 Å². The standard InChI is InChI=1S/C13H12N2S.C13H13N/c1-3-9(2)12-10(8-16-13(12)14)11-6-4-5-7-15-11;1-2-5-9-12(8-4-1)14-13-10-6-3-7-11-13/h3-8H,1-2,14H2;1,3-11,14H,2H2. The van der Waals surface area contributed by atoms with Crippen molar-refractivity contribution in [3.05, 3.63) is 121 Å². The molecule has 0 bridgehead atoms. The molecule has 4 heteroatoms. The molecule has 3 nitrogen and oxygen atoms in total. The first-order valence-electron chi connectivity index (χ1n) is 9.64. The van der Waals surface area contributed by atoms with Gasteiger partial charge in [0.05, 0.1) is 10.7 Å². The lowest BCUT2D eigenvalue weighted by molar-refractivity contribution is 1.33. The van der Waals surface area contributed by atoms with E-state index in [1.807, 2.05) is 41.8 Å². The molecule has 0 spiro atoms. The molecule has 1 aromatic carbocycles. The summed E-state index contributed by atoms with van der Waals surface area (Å²) in [6, 6.07) is 16.0. The molecule has 2 heterocycles. The second-order valence-electron chi connectivity index (χ2n) is 6.51. The highest BCUT2D eigenvalue weighted by Gasteiger charge is 2.13. The van der Waals surface area contributed by atoms with E-state index in [4.69, 9.17) is 5.73 Å². The monoisotopic (exact) mass is 411 g/mol. The Kier molecular flexibility index (Phi) is 7.58. The number of nitrogen functional groups attached to an aromatic ring is 1. The van der Waals surface area contributed by atoms with Gasteiger partial charge in [0.1, 0.15) is 0 Å². The van der Waals surface area contributed by atoms with Crippen molar-refractivity contribution in [3.63, 3.8) is 0 Å². The molecule has 3 N–H and O–H groups in total. The molecule has 0 fully saturated rings. The minimum atomic E-state index is 0.755. The topological polar surface area (TPSA) is 50.9 Å². The summed E-state index contributed by atoms with van der Waals surface area (Å²) in [5, 5.41) is 6.10. The van der Waals surface area contributed by atoms with Crippen LogP contribution in [0.1, 0.15) is 12.0 Å². The zero-order valence-electron chi connectivity index (χ0n) is 16.8. The first kappa shape index (κ1) is 21.1. The lowest BCUT2D eigenvalue weighted by atomic mass is 10.0. The van der Waals surface area contributed by atoms with Gasteiger partial charge in [-0.1, -0.05) is 61.7 Å². The van der Waals surface area contributed by atoms with Crippen molar-refractivity contribution in [2.45, 2.75) is 6.42 Å². The number of rotatable bonds is 5. The molecule has 30 heavy (non-hydrogen) atoms. The normalized spacial score (nSPS) is 12.2. The van der Waals surface area contributed by atoms with Crippen LogP contribution in [0.25, 0.3) is 16.8 Å². The van der Waals surface area contributed by atoms with Crippen LogP contribution in [0, 0.1) is 0 Å². The largest absolute Gasteiger partial charge is 0.390 e. The average molecular weight is 412 g/mol. The number of hydrogen-bond donors (Lipinski definition) is 2. The van der Waals surface area contributed by atoms with Gasteiger partial charge in [0.25, 0.3) is 0 Å². The van der Waals surface area contributed by atoms with Crippen LogP contribution in [0.4, 0.5) is 10.7 Å². The predicted molar refractivity (Wildman–Crippen MR) is 132 cm³/mol. The molecule has 2 aromatic heterocycles. The molecular weight excluding hydrogens is 386 g/mol. The van der Waals surface area contributed by atoms with Crippen molar-refractivity contribution >= 4 is 27.6 Å². The minimum absolute atomic E-state index is 0.755. The fourth-order valence-corrected chi connectivity index (χ4v) is 3.71. The van der Waals surface area contributed by atoms with Crippen LogP contribution in [-0.2, 0) is 0 Å². The van der Waals surface area contributed by atoms with Crippen molar-refractivity contribution in [3.8, 4) is 11.3 Å². The molecule has 0 unspecified atom stereocenters. The van der Waals surface area contributed by atoms with Crippen LogP contribution in [0.5, 0.6) is 0 Å². The Morgan fingerprint density at radius 1 is 1.10 bits per heavy atom. The van der Waals surface area contributed by atoms with Gasteiger partial charge in [0, 0.05) is 34.1 Å². The van der Waals surface area contributed by atoms with Gasteiger partial charge >= 0.3 is 0 Å². The van der Waals surface area contributed by atoms with Gasteiger partial charge in [0.2, 0.25) is 0 Å². The van der Waals surface area contributed by atoms with E-state index in [-0.39, 0.29) is 0 Å². The molecule has 150 valence electrons. The molecule has 4 rings (SSSR count). The fourth-order valence-electron chi connectivity index (χ4n) is 2.87. The van der Waals surface area contributed by atoms with Gasteiger partial charge < -0.3 is 11.1 Å². The SMILES string of the molecule is C1=CCC=CC(Nc2ccccc2)=C1.C=CC(=C)c1c(-c2ccccn2)csc1N. The number of para-hydroxylation sites is 1. The van der Waals surface area contributed by atoms with Gasteiger partial charge in [-0.2, -0.15) is 0 Å². The number of nitrogens with zero attached hydrogens (tertiary/aromatic N) is 1. The van der Waals surface area contributed by atoms with Crippen molar-refractivity contribution in [2.75, 3.05) is 11.1 Å². The van der Waals surface area contributed by atoms with Crippen LogP contribution >= 0.6 is 11.3 Å². The second kappa shape index (κ2) is 10.8. The van der Waals surface area contributed by atoms with Crippen LogP contribution in [0.15, 0.2) is 115 Å². The lowest BCUT2D eigenvalue weighted by Gasteiger charge is -2.05. The number of nitrogens with one attached hydrogen (secondary N) is 1. The summed E-state index contributed by atoms with van der Waals surface area (Å²) in [5.74, 6) is 0. The summed E-state index contributed by atoms with van der Waals surface area (Å²) in [6.45, 7) is 7.67. The van der Waals surface area contributed by atoms with E-state index in [1.54, 1.807) is 12.3 Å². The zero-order valence-corrected chi connectivity index (χ0v) is 17.6. The Balaban J connectivity index is 0.000000172. The van der Waals surface area contributed by atoms with Crippen molar-refractivity contribution in [2.24, 2.45) is 0 Å². The number of anilines is 2. The number of allylic oxidation sites excluding steroid dienone is 7. The highest BCUT2D eigenvalue weighted by Crippen LogP contribution is 2.37. The third kappa shape index (κ3) is 5.69. The highest BCUT2D eigenvalue weighted by atomic mass is 32.1. The van der Waals surface area contributed by atoms with E-state index in [0.717, 1.165) is 45.2 Å². The summed E-state index contributed by atoms with van der Waals surface area (Å²) in [5.41, 5.74) is 11.9. The van der Waals surface area contributed by atoms with Crippen LogP contribution in [0.3, 0.4) is 0 Å². The molecular formula is C26H25N3S. The maximum Gasteiger partial charge on any atom is 0.0943 e. The Morgan fingerprint density at radius 2 is 1.90 bits per heavy atom. The van der Waals surface area contributed by atoms with E-state index in [1.165, 1.54) is 11.3 Å². The van der Waals surface area contributed by atoms with E-state index in [0.29, 0.717) is 0 Å². The van der Waals surface area contributed by atoms with Gasteiger partial charge in [-0.15, -0.1) is 11.3 Å². The first-order chi connectivity index (χ1) is 14.7. The Morgan fingerprint density at radius 3 is 2.63 bits per heavy atom. The fraction of sp³-hybridized carbons (Fsp3) is 0.0385. The van der Waals surface area contributed by atoms with Gasteiger partial charge in [-0.05, 0) is 48.4 Å². The number of pyridine rings is 1. The molecule has 1 aliphatic carbocycles. The molecule has 0 radical (unpaired) electrons. The number of aromatic nitrogens is 1. The Labute approximate surface area is 182 Å². The average Bonchev–Trinajstić information content (AvgIpc) is 3.00. The van der Waals surface area contributed by atoms with E-state index in [9.17, 15) is 0 Å². The predicted octanol–water partition coefficient (Wildman–Crippen LogP) is 7.09. The maximum atomic E-state index is 5.94. The third-order valence-electron chi connectivity index (χ3n) is 4.37. The minimum Gasteiger partial charge on any atom is -0.390 e. The number of nitrogens with two attached hydrogens (primary N) is 1. The molecule has 0 saturated heterocycles. The number of thiophene rings is 1. The molecule has 0 atom stereocenters. The smallest absolute Gasteiger partial charge is 0.0943 e. The zero-order chi connectivity index (χ0) is 21.2. The van der Waals surface area contributed by atoms with Crippen LogP contribution in [-0.4, -0.2) is 4.98 Å². The molecule has 1 aliphatic rings. The van der Waals surface area contributed by atoms with E-state index < -0.39 is 0 Å². The molecule has 0 amide bonds. The van der Waals surface area contributed by atoms with E-state index >= 15 is 0 Å². The maximum absolute atomic E-state index is 5.94. The quantitative estimate of drug-likeness (QED) is 0.441. The number of hydrogen-bond acceptors (Lipinski definition) is 4. The molecule has 0 saturated carbocycles. The first-order valence-corrected chi connectivity index (χ1v) is 10.5. The van der Waals surface area contributed by atoms with Gasteiger partial charge in [-0.3, -0.25) is 4.98 Å². The van der Waals surface area contributed by atoms with Crippen LogP contribution < -0.4 is 11.1 Å². The number of benzene rings is 1. The Hall–Kier alpha value is -3.63. The Bertz CT molecular complexity index is 1070. The summed E-state index contributed by atoms with van der Waals surface area (Å²) in [4.78, 5) is 4.32.